The number of aromatic nitrogens is 1. The Balaban J connectivity index is 1.17. The van der Waals surface area contributed by atoms with E-state index in [1.165, 1.54) is 15.8 Å². The second kappa shape index (κ2) is 9.65. The molecule has 4 aromatic carbocycles. The van der Waals surface area contributed by atoms with Gasteiger partial charge in [-0.15, -0.1) is 11.3 Å². The third-order valence-electron chi connectivity index (χ3n) is 5.45. The number of thiazole rings is 1. The van der Waals surface area contributed by atoms with Crippen LogP contribution in [0.4, 0.5) is 5.69 Å². The van der Waals surface area contributed by atoms with Crippen molar-refractivity contribution in [3.63, 3.8) is 0 Å². The van der Waals surface area contributed by atoms with Crippen LogP contribution in [0.25, 0.3) is 20.8 Å². The number of halogens is 1. The maximum absolute atomic E-state index is 6.19. The fourth-order valence-corrected chi connectivity index (χ4v) is 4.83. The molecule has 0 fully saturated rings. The average Bonchev–Trinajstić information content (AvgIpc) is 3.26. The first kappa shape index (κ1) is 21.5. The van der Waals surface area contributed by atoms with Crippen LogP contribution in [0.1, 0.15) is 16.7 Å². The molecule has 0 aliphatic rings. The van der Waals surface area contributed by atoms with E-state index >= 15 is 0 Å². The van der Waals surface area contributed by atoms with Crippen LogP contribution in [0.2, 0.25) is 5.02 Å². The van der Waals surface area contributed by atoms with Gasteiger partial charge in [-0.05, 0) is 72.6 Å². The number of aryl methyl sites for hydroxylation is 1. The van der Waals surface area contributed by atoms with E-state index in [4.69, 9.17) is 21.3 Å². The van der Waals surface area contributed by atoms with Crippen molar-refractivity contribution < 1.29 is 4.74 Å². The molecule has 1 aromatic heterocycles. The molecule has 5 aromatic rings. The van der Waals surface area contributed by atoms with Gasteiger partial charge >= 0.3 is 0 Å². The Hall–Kier alpha value is -3.34. The first-order chi connectivity index (χ1) is 16.1. The zero-order chi connectivity index (χ0) is 22.6. The van der Waals surface area contributed by atoms with E-state index in [-0.39, 0.29) is 0 Å². The predicted molar refractivity (Wildman–Crippen MR) is 139 cm³/mol. The average molecular weight is 471 g/mol. The van der Waals surface area contributed by atoms with E-state index in [9.17, 15) is 0 Å². The lowest BCUT2D eigenvalue weighted by atomic mass is 10.2. The number of nitrogens with zero attached hydrogens (tertiary/aromatic N) is 1. The van der Waals surface area contributed by atoms with Crippen LogP contribution in [0.5, 0.6) is 5.75 Å². The van der Waals surface area contributed by atoms with Gasteiger partial charge < -0.3 is 10.1 Å². The van der Waals surface area contributed by atoms with Gasteiger partial charge in [-0.1, -0.05) is 48.0 Å². The molecule has 0 aliphatic heterocycles. The predicted octanol–water partition coefficient (Wildman–Crippen LogP) is 8.12. The SMILES string of the molecule is Cc1ccc2nc(-c3ccc(NCc4ccc(OCc5ccccc5Cl)cc4)cc3)sc2c1. The summed E-state index contributed by atoms with van der Waals surface area (Å²) >= 11 is 7.93. The molecule has 164 valence electrons. The molecule has 0 atom stereocenters. The zero-order valence-corrected chi connectivity index (χ0v) is 19.8. The lowest BCUT2D eigenvalue weighted by molar-refractivity contribution is 0.306. The highest BCUT2D eigenvalue weighted by molar-refractivity contribution is 7.21. The smallest absolute Gasteiger partial charge is 0.124 e. The number of hydrogen-bond donors (Lipinski definition) is 1. The maximum Gasteiger partial charge on any atom is 0.124 e. The minimum Gasteiger partial charge on any atom is -0.489 e. The van der Waals surface area contributed by atoms with Gasteiger partial charge in [-0.3, -0.25) is 0 Å². The molecular formula is C28H23ClN2OS. The Bertz CT molecular complexity index is 1380. The molecule has 5 rings (SSSR count). The molecule has 5 heteroatoms. The van der Waals surface area contributed by atoms with Crippen molar-refractivity contribution in [2.24, 2.45) is 0 Å². The van der Waals surface area contributed by atoms with Gasteiger partial charge in [0.2, 0.25) is 0 Å². The summed E-state index contributed by atoms with van der Waals surface area (Å²) in [4.78, 5) is 4.77. The minimum atomic E-state index is 0.456. The topological polar surface area (TPSA) is 34.2 Å². The molecule has 0 amide bonds. The highest BCUT2D eigenvalue weighted by Gasteiger charge is 2.07. The van der Waals surface area contributed by atoms with E-state index in [0.29, 0.717) is 6.61 Å². The third kappa shape index (κ3) is 5.19. The first-order valence-electron chi connectivity index (χ1n) is 10.8. The largest absolute Gasteiger partial charge is 0.489 e. The Morgan fingerprint density at radius 3 is 2.48 bits per heavy atom. The van der Waals surface area contributed by atoms with Crippen LogP contribution in [-0.4, -0.2) is 4.98 Å². The normalized spacial score (nSPS) is 11.0. The van der Waals surface area contributed by atoms with E-state index in [2.05, 4.69) is 66.8 Å². The van der Waals surface area contributed by atoms with Crippen molar-refractivity contribution in [1.82, 2.24) is 4.98 Å². The lowest BCUT2D eigenvalue weighted by Gasteiger charge is -2.10. The van der Waals surface area contributed by atoms with Crippen LogP contribution in [0.3, 0.4) is 0 Å². The van der Waals surface area contributed by atoms with Gasteiger partial charge in [0.05, 0.1) is 10.2 Å². The van der Waals surface area contributed by atoms with Crippen molar-refractivity contribution in [3.8, 4) is 16.3 Å². The summed E-state index contributed by atoms with van der Waals surface area (Å²) in [6.45, 7) is 3.31. The summed E-state index contributed by atoms with van der Waals surface area (Å²) in [5, 5.41) is 5.26. The second-order valence-electron chi connectivity index (χ2n) is 7.95. The Morgan fingerprint density at radius 2 is 1.70 bits per heavy atom. The summed E-state index contributed by atoms with van der Waals surface area (Å²) in [6.07, 6.45) is 0. The van der Waals surface area contributed by atoms with Crippen LogP contribution in [0, 0.1) is 6.92 Å². The molecule has 0 bridgehead atoms. The van der Waals surface area contributed by atoms with E-state index < -0.39 is 0 Å². The van der Waals surface area contributed by atoms with Crippen LogP contribution in [0.15, 0.2) is 91.0 Å². The standard InChI is InChI=1S/C28H23ClN2OS/c1-19-6-15-26-27(16-19)33-28(31-26)21-9-11-23(12-10-21)30-17-20-7-13-24(14-8-20)32-18-22-4-2-3-5-25(22)29/h2-16,30H,17-18H2,1H3. The highest BCUT2D eigenvalue weighted by atomic mass is 35.5. The molecule has 33 heavy (non-hydrogen) atoms. The van der Waals surface area contributed by atoms with Gasteiger partial charge in [0.25, 0.3) is 0 Å². The van der Waals surface area contributed by atoms with Crippen LogP contribution in [-0.2, 0) is 13.2 Å². The minimum absolute atomic E-state index is 0.456. The molecule has 1 heterocycles. The highest BCUT2D eigenvalue weighted by Crippen LogP contribution is 2.31. The summed E-state index contributed by atoms with van der Waals surface area (Å²) in [6, 6.07) is 30.7. The molecule has 0 aliphatic carbocycles. The zero-order valence-electron chi connectivity index (χ0n) is 18.2. The molecule has 0 unspecified atom stereocenters. The van der Waals surface area contributed by atoms with Crippen LogP contribution < -0.4 is 10.1 Å². The number of rotatable bonds is 7. The van der Waals surface area contributed by atoms with Crippen molar-refractivity contribution in [2.45, 2.75) is 20.1 Å². The lowest BCUT2D eigenvalue weighted by Crippen LogP contribution is -2.00. The Morgan fingerprint density at radius 1 is 0.909 bits per heavy atom. The number of benzene rings is 4. The Labute approximate surface area is 202 Å². The van der Waals surface area contributed by atoms with Crippen molar-refractivity contribution >= 4 is 38.8 Å². The summed E-state index contributed by atoms with van der Waals surface area (Å²) in [5.74, 6) is 0.828. The van der Waals surface area contributed by atoms with Gasteiger partial charge in [-0.25, -0.2) is 4.98 Å². The van der Waals surface area contributed by atoms with Gasteiger partial charge in [0.15, 0.2) is 0 Å². The summed E-state index contributed by atoms with van der Waals surface area (Å²) in [7, 11) is 0. The first-order valence-corrected chi connectivity index (χ1v) is 12.0. The summed E-state index contributed by atoms with van der Waals surface area (Å²) < 4.78 is 7.09. The molecule has 0 spiro atoms. The van der Waals surface area contributed by atoms with Crippen molar-refractivity contribution in [1.29, 1.82) is 0 Å². The molecule has 0 radical (unpaired) electrons. The quantitative estimate of drug-likeness (QED) is 0.261. The van der Waals surface area contributed by atoms with Gasteiger partial charge in [0.1, 0.15) is 17.4 Å². The maximum atomic E-state index is 6.19. The third-order valence-corrected chi connectivity index (χ3v) is 6.88. The van der Waals surface area contributed by atoms with Crippen molar-refractivity contribution in [3.05, 3.63) is 113 Å². The fourth-order valence-electron chi connectivity index (χ4n) is 3.57. The fraction of sp³-hybridized carbons (Fsp3) is 0.107. The van der Waals surface area contributed by atoms with Crippen LogP contribution >= 0.6 is 22.9 Å². The number of fused-ring (bicyclic) bond motifs is 1. The Kier molecular flexibility index (Phi) is 6.29. The van der Waals surface area contributed by atoms with Gasteiger partial charge in [0, 0.05) is 28.4 Å². The van der Waals surface area contributed by atoms with Crippen molar-refractivity contribution in [2.75, 3.05) is 5.32 Å². The molecule has 1 N–H and O–H groups in total. The van der Waals surface area contributed by atoms with E-state index in [1.54, 1.807) is 11.3 Å². The number of hydrogen-bond acceptors (Lipinski definition) is 4. The molecule has 0 saturated heterocycles. The molecule has 3 nitrogen and oxygen atoms in total. The number of nitrogens with one attached hydrogen (secondary N) is 1. The summed E-state index contributed by atoms with van der Waals surface area (Å²) in [5.41, 5.74) is 6.70. The second-order valence-corrected chi connectivity index (χ2v) is 9.38. The molecular weight excluding hydrogens is 448 g/mol. The molecule has 0 saturated carbocycles. The number of ether oxygens (including phenoxy) is 1. The number of anilines is 1. The van der Waals surface area contributed by atoms with E-state index in [0.717, 1.165) is 44.7 Å². The monoisotopic (exact) mass is 470 g/mol. The van der Waals surface area contributed by atoms with Gasteiger partial charge in [-0.2, -0.15) is 0 Å². The van der Waals surface area contributed by atoms with E-state index in [1.807, 2.05) is 36.4 Å².